The summed E-state index contributed by atoms with van der Waals surface area (Å²) < 4.78 is 53.1. The van der Waals surface area contributed by atoms with Crippen molar-refractivity contribution >= 4 is 23.7 Å². The average Bonchev–Trinajstić information content (AvgIpc) is 3.36. The first-order chi connectivity index (χ1) is 20.1. The molecule has 2 aliphatic rings. The fourth-order valence-electron chi connectivity index (χ4n) is 5.77. The number of likely N-dealkylation sites (N-methyl/N-ethyl adjacent to an activating group) is 1. The molecule has 1 fully saturated rings. The number of fused-ring (bicyclic) bond motifs is 1. The Morgan fingerprint density at radius 3 is 2.37 bits per heavy atom. The van der Waals surface area contributed by atoms with E-state index in [0.717, 1.165) is 42.6 Å². The molecule has 1 aliphatic heterocycles. The van der Waals surface area contributed by atoms with Gasteiger partial charge in [0, 0.05) is 19.3 Å². The number of benzene rings is 2. The van der Waals surface area contributed by atoms with Gasteiger partial charge in [0.2, 0.25) is 0 Å². The normalized spacial score (nSPS) is 16.4. The Morgan fingerprint density at radius 1 is 1.05 bits per heavy atom. The summed E-state index contributed by atoms with van der Waals surface area (Å²) >= 11 is 0. The highest BCUT2D eigenvalue weighted by atomic mass is 19.4. The molecule has 11 heteroatoms. The summed E-state index contributed by atoms with van der Waals surface area (Å²) in [5.74, 6) is -1.44. The van der Waals surface area contributed by atoms with Gasteiger partial charge in [0.1, 0.15) is 24.0 Å². The minimum absolute atomic E-state index is 0.0587. The number of alkyl halides is 3. The highest BCUT2D eigenvalue weighted by molar-refractivity contribution is 6.01. The summed E-state index contributed by atoms with van der Waals surface area (Å²) in [6.45, 7) is 5.23. The molecule has 0 radical (unpaired) electrons. The zero-order valence-electron chi connectivity index (χ0n) is 25.0. The number of anilines is 1. The fourth-order valence-corrected chi connectivity index (χ4v) is 5.77. The molecule has 0 saturated heterocycles. The summed E-state index contributed by atoms with van der Waals surface area (Å²) in [6.07, 6.45) is -0.933. The second-order valence-corrected chi connectivity index (χ2v) is 12.3. The number of carbonyl (C=O) groups excluding carboxylic acids is 2. The van der Waals surface area contributed by atoms with Gasteiger partial charge in [0.05, 0.1) is 12.0 Å². The Kier molecular flexibility index (Phi) is 9.61. The van der Waals surface area contributed by atoms with Crippen molar-refractivity contribution in [2.24, 2.45) is 0 Å². The minimum Gasteiger partial charge on any atom is -0.489 e. The molecule has 8 nitrogen and oxygen atoms in total. The van der Waals surface area contributed by atoms with Crippen LogP contribution in [0.1, 0.15) is 87.5 Å². The van der Waals surface area contributed by atoms with Crippen LogP contribution in [0.4, 0.5) is 23.7 Å². The highest BCUT2D eigenvalue weighted by Gasteiger charge is 2.38. The lowest BCUT2D eigenvalue weighted by Crippen LogP contribution is -2.51. The molecule has 0 unspecified atom stereocenters. The van der Waals surface area contributed by atoms with Crippen molar-refractivity contribution < 1.29 is 42.1 Å². The Balaban J connectivity index is 1.47. The van der Waals surface area contributed by atoms with Crippen LogP contribution in [0.2, 0.25) is 0 Å². The van der Waals surface area contributed by atoms with E-state index >= 15 is 0 Å². The van der Waals surface area contributed by atoms with Gasteiger partial charge in [-0.2, -0.15) is 13.2 Å². The summed E-state index contributed by atoms with van der Waals surface area (Å²) in [4.78, 5) is 40.1. The summed E-state index contributed by atoms with van der Waals surface area (Å²) in [5, 5.41) is 9.44. The average molecular weight is 605 g/mol. The quantitative estimate of drug-likeness (QED) is 0.351. The third kappa shape index (κ3) is 8.00. The first-order valence-corrected chi connectivity index (χ1v) is 14.6. The maximum atomic E-state index is 14.0. The Bertz CT molecular complexity index is 1350. The fraction of sp³-hybridized carbons (Fsp3) is 0.531. The molecule has 234 valence electrons. The van der Waals surface area contributed by atoms with Crippen molar-refractivity contribution in [3.8, 4) is 5.75 Å². The van der Waals surface area contributed by atoms with E-state index in [0.29, 0.717) is 29.0 Å². The second-order valence-electron chi connectivity index (χ2n) is 12.3. The zero-order valence-corrected chi connectivity index (χ0v) is 25.0. The molecule has 0 bridgehead atoms. The largest absolute Gasteiger partial charge is 0.489 e. The van der Waals surface area contributed by atoms with E-state index in [2.05, 4.69) is 0 Å². The predicted octanol–water partition coefficient (Wildman–Crippen LogP) is 6.93. The number of aliphatic carboxylic acids is 1. The number of halogens is 3. The summed E-state index contributed by atoms with van der Waals surface area (Å²) in [5.41, 5.74) is 0.661. The predicted molar refractivity (Wildman–Crippen MR) is 154 cm³/mol. The van der Waals surface area contributed by atoms with Crippen molar-refractivity contribution in [3.63, 3.8) is 0 Å². The van der Waals surface area contributed by atoms with Gasteiger partial charge in [-0.3, -0.25) is 14.5 Å². The van der Waals surface area contributed by atoms with Crippen LogP contribution in [-0.4, -0.2) is 53.2 Å². The maximum Gasteiger partial charge on any atom is 0.416 e. The van der Waals surface area contributed by atoms with Crippen molar-refractivity contribution in [3.05, 3.63) is 58.7 Å². The number of carbonyl (C=O) groups is 3. The van der Waals surface area contributed by atoms with E-state index in [4.69, 9.17) is 9.47 Å². The molecule has 43 heavy (non-hydrogen) atoms. The Hall–Kier alpha value is -3.76. The molecule has 1 N–H and O–H groups in total. The molecule has 1 aliphatic carbocycles. The van der Waals surface area contributed by atoms with E-state index in [1.54, 1.807) is 51.1 Å². The standard InChI is InChI=1S/C32H39F3N2O6/c1-31(2,3)43-30(41)36(4)27(18-28(38)39)29(40)37-15-14-22-17-23(11-13-26(22)37)42-19-20-10-12-24(21-8-6-5-7-9-21)25(16-20)32(33,34)35/h10-13,16-17,21,27H,5-9,14-15,18-19H2,1-4H3,(H,38,39)/t27-/m1/s1. The SMILES string of the molecule is CN(C(=O)OC(C)(C)C)[C@H](CC(=O)O)C(=O)N1CCc2cc(OCc3ccc(C4CCCCC4)c(C(F)(F)F)c3)ccc21. The van der Waals surface area contributed by atoms with Crippen LogP contribution >= 0.6 is 0 Å². The molecular formula is C32H39F3N2O6. The van der Waals surface area contributed by atoms with Crippen molar-refractivity contribution in [2.45, 2.75) is 96.1 Å². The number of nitrogens with zero attached hydrogens (tertiary/aromatic N) is 2. The van der Waals surface area contributed by atoms with Crippen LogP contribution in [0.5, 0.6) is 5.75 Å². The lowest BCUT2D eigenvalue weighted by Gasteiger charge is -2.31. The molecule has 1 heterocycles. The van der Waals surface area contributed by atoms with Crippen LogP contribution in [-0.2, 0) is 33.5 Å². The smallest absolute Gasteiger partial charge is 0.416 e. The van der Waals surface area contributed by atoms with Crippen LogP contribution < -0.4 is 9.64 Å². The Morgan fingerprint density at radius 2 is 1.74 bits per heavy atom. The maximum absolute atomic E-state index is 14.0. The van der Waals surface area contributed by atoms with Gasteiger partial charge in [-0.25, -0.2) is 4.79 Å². The monoisotopic (exact) mass is 604 g/mol. The summed E-state index contributed by atoms with van der Waals surface area (Å²) in [7, 11) is 1.33. The Labute approximate surface area is 249 Å². The van der Waals surface area contributed by atoms with E-state index in [9.17, 15) is 32.7 Å². The van der Waals surface area contributed by atoms with Crippen molar-refractivity contribution in [1.29, 1.82) is 0 Å². The van der Waals surface area contributed by atoms with Gasteiger partial charge in [0.25, 0.3) is 5.91 Å². The van der Waals surface area contributed by atoms with E-state index < -0.39 is 47.8 Å². The number of ether oxygens (including phenoxy) is 2. The molecular weight excluding hydrogens is 565 g/mol. The van der Waals surface area contributed by atoms with Crippen LogP contribution in [0.3, 0.4) is 0 Å². The van der Waals surface area contributed by atoms with Crippen LogP contribution in [0, 0.1) is 0 Å². The third-order valence-corrected chi connectivity index (χ3v) is 7.89. The molecule has 0 aromatic heterocycles. The van der Waals surface area contributed by atoms with Gasteiger partial charge in [-0.1, -0.05) is 31.4 Å². The second kappa shape index (κ2) is 12.9. The van der Waals surface area contributed by atoms with E-state index in [1.807, 2.05) is 0 Å². The number of rotatable bonds is 8. The van der Waals surface area contributed by atoms with Gasteiger partial charge < -0.3 is 19.5 Å². The van der Waals surface area contributed by atoms with E-state index in [-0.39, 0.29) is 19.1 Å². The van der Waals surface area contributed by atoms with Crippen LogP contribution in [0.25, 0.3) is 0 Å². The van der Waals surface area contributed by atoms with Crippen molar-refractivity contribution in [2.75, 3.05) is 18.5 Å². The molecule has 4 rings (SSSR count). The van der Waals surface area contributed by atoms with Gasteiger partial charge in [-0.15, -0.1) is 0 Å². The lowest BCUT2D eigenvalue weighted by atomic mass is 9.81. The molecule has 2 amide bonds. The first-order valence-electron chi connectivity index (χ1n) is 14.6. The number of carboxylic acids is 1. The van der Waals surface area contributed by atoms with E-state index in [1.165, 1.54) is 18.0 Å². The first kappa shape index (κ1) is 32.2. The highest BCUT2D eigenvalue weighted by Crippen LogP contribution is 2.41. The number of hydrogen-bond acceptors (Lipinski definition) is 5. The van der Waals surface area contributed by atoms with Gasteiger partial charge in [0.15, 0.2) is 0 Å². The molecule has 1 saturated carbocycles. The topological polar surface area (TPSA) is 96.4 Å². The van der Waals surface area contributed by atoms with Crippen molar-refractivity contribution in [1.82, 2.24) is 4.90 Å². The molecule has 0 spiro atoms. The minimum atomic E-state index is -4.46. The third-order valence-electron chi connectivity index (χ3n) is 7.89. The number of amides is 2. The van der Waals surface area contributed by atoms with Gasteiger partial charge in [-0.05, 0) is 86.9 Å². The zero-order chi connectivity index (χ0) is 31.5. The molecule has 2 aromatic carbocycles. The van der Waals surface area contributed by atoms with Crippen LogP contribution in [0.15, 0.2) is 36.4 Å². The van der Waals surface area contributed by atoms with Gasteiger partial charge >= 0.3 is 18.2 Å². The summed E-state index contributed by atoms with van der Waals surface area (Å²) in [6, 6.07) is 8.19. The number of carboxylic acid groups (broad SMARTS) is 1. The molecule has 2 aromatic rings. The lowest BCUT2D eigenvalue weighted by molar-refractivity contribution is -0.141. The molecule has 1 atom stereocenters. The number of hydrogen-bond donors (Lipinski definition) is 1.